The van der Waals surface area contributed by atoms with Crippen molar-refractivity contribution in [3.63, 3.8) is 0 Å². The zero-order valence-electron chi connectivity index (χ0n) is 14.2. The van der Waals surface area contributed by atoms with Crippen LogP contribution in [0.5, 0.6) is 0 Å². The molecule has 26 heavy (non-hydrogen) atoms. The summed E-state index contributed by atoms with van der Waals surface area (Å²) in [7, 11) is 0. The minimum atomic E-state index is -1.88. The molecule has 3 aromatic rings. The van der Waals surface area contributed by atoms with E-state index in [0.717, 1.165) is 11.1 Å². The third-order valence-electron chi connectivity index (χ3n) is 4.01. The van der Waals surface area contributed by atoms with Crippen molar-refractivity contribution in [3.05, 3.63) is 108 Å². The maximum Gasteiger partial charge on any atom is 0.369 e. The highest BCUT2D eigenvalue weighted by molar-refractivity contribution is 5.77. The number of rotatable bonds is 8. The lowest BCUT2D eigenvalue weighted by Gasteiger charge is -2.30. The first kappa shape index (κ1) is 17.9. The molecule has 0 heterocycles. The molecule has 0 aliphatic heterocycles. The minimum Gasteiger partial charge on any atom is -0.477 e. The highest BCUT2D eigenvalue weighted by Gasteiger charge is 2.43. The molecule has 0 unspecified atom stereocenters. The fourth-order valence-corrected chi connectivity index (χ4v) is 2.63. The molecule has 0 fully saturated rings. The van der Waals surface area contributed by atoms with Crippen LogP contribution in [0.4, 0.5) is 0 Å². The molecule has 0 spiro atoms. The van der Waals surface area contributed by atoms with E-state index in [1.165, 1.54) is 0 Å². The van der Waals surface area contributed by atoms with Crippen LogP contribution in [0, 0.1) is 0 Å². The molecule has 132 valence electrons. The second kappa shape index (κ2) is 8.43. The van der Waals surface area contributed by atoms with Gasteiger partial charge in [0.05, 0.1) is 13.2 Å². The first-order valence-electron chi connectivity index (χ1n) is 8.35. The Morgan fingerprint density at radius 2 is 1.08 bits per heavy atom. The van der Waals surface area contributed by atoms with Crippen LogP contribution in [0.2, 0.25) is 0 Å². The molecule has 4 heteroatoms. The molecule has 3 aromatic carbocycles. The van der Waals surface area contributed by atoms with Gasteiger partial charge in [0.1, 0.15) is 0 Å². The van der Waals surface area contributed by atoms with Gasteiger partial charge in [-0.2, -0.15) is 0 Å². The van der Waals surface area contributed by atoms with Gasteiger partial charge in [-0.05, 0) is 11.1 Å². The number of carbonyl (C=O) groups is 1. The monoisotopic (exact) mass is 348 g/mol. The summed E-state index contributed by atoms with van der Waals surface area (Å²) < 4.78 is 11.7. The first-order chi connectivity index (χ1) is 12.7. The lowest BCUT2D eigenvalue weighted by Crippen LogP contribution is -2.41. The van der Waals surface area contributed by atoms with E-state index in [0.29, 0.717) is 5.56 Å². The number of carboxylic acid groups (broad SMARTS) is 1. The van der Waals surface area contributed by atoms with E-state index in [-0.39, 0.29) is 13.2 Å². The summed E-state index contributed by atoms with van der Waals surface area (Å²) >= 11 is 0. The Bertz CT molecular complexity index is 773. The van der Waals surface area contributed by atoms with E-state index in [9.17, 15) is 9.90 Å². The van der Waals surface area contributed by atoms with E-state index in [1.54, 1.807) is 24.3 Å². The molecule has 0 atom stereocenters. The van der Waals surface area contributed by atoms with Gasteiger partial charge in [0.25, 0.3) is 5.79 Å². The molecule has 0 bridgehead atoms. The van der Waals surface area contributed by atoms with Gasteiger partial charge in [-0.1, -0.05) is 91.0 Å². The summed E-state index contributed by atoms with van der Waals surface area (Å²) in [6, 6.07) is 27.6. The molecule has 1 N–H and O–H groups in total. The van der Waals surface area contributed by atoms with Gasteiger partial charge >= 0.3 is 5.97 Å². The van der Waals surface area contributed by atoms with Crippen molar-refractivity contribution in [1.29, 1.82) is 0 Å². The quantitative estimate of drug-likeness (QED) is 0.615. The first-order valence-corrected chi connectivity index (χ1v) is 8.35. The zero-order valence-corrected chi connectivity index (χ0v) is 14.2. The van der Waals surface area contributed by atoms with Crippen molar-refractivity contribution in [2.24, 2.45) is 0 Å². The van der Waals surface area contributed by atoms with E-state index in [2.05, 4.69) is 0 Å². The molecule has 0 saturated heterocycles. The van der Waals surface area contributed by atoms with Crippen LogP contribution in [0.3, 0.4) is 0 Å². The third-order valence-corrected chi connectivity index (χ3v) is 4.01. The summed E-state index contributed by atoms with van der Waals surface area (Å²) in [4.78, 5) is 12.2. The Hall–Kier alpha value is -2.95. The highest BCUT2D eigenvalue weighted by atomic mass is 16.7. The van der Waals surface area contributed by atoms with Gasteiger partial charge < -0.3 is 14.6 Å². The van der Waals surface area contributed by atoms with Crippen LogP contribution < -0.4 is 0 Å². The fourth-order valence-electron chi connectivity index (χ4n) is 2.63. The number of aliphatic carboxylic acids is 1. The molecule has 3 rings (SSSR count). The summed E-state index contributed by atoms with van der Waals surface area (Å²) in [5.41, 5.74) is 2.19. The largest absolute Gasteiger partial charge is 0.477 e. The molecule has 0 radical (unpaired) electrons. The Morgan fingerprint density at radius 1 is 0.692 bits per heavy atom. The van der Waals surface area contributed by atoms with Crippen LogP contribution in [0.15, 0.2) is 91.0 Å². The molecular weight excluding hydrogens is 328 g/mol. The lowest BCUT2D eigenvalue weighted by atomic mass is 10.1. The van der Waals surface area contributed by atoms with Gasteiger partial charge in [0.15, 0.2) is 0 Å². The van der Waals surface area contributed by atoms with Gasteiger partial charge in [0, 0.05) is 5.56 Å². The lowest BCUT2D eigenvalue weighted by molar-refractivity contribution is -0.261. The topological polar surface area (TPSA) is 55.8 Å². The van der Waals surface area contributed by atoms with E-state index in [4.69, 9.17) is 9.47 Å². The van der Waals surface area contributed by atoms with Crippen molar-refractivity contribution in [2.45, 2.75) is 19.0 Å². The van der Waals surface area contributed by atoms with Crippen molar-refractivity contribution < 1.29 is 19.4 Å². The van der Waals surface area contributed by atoms with Gasteiger partial charge in [-0.15, -0.1) is 0 Å². The van der Waals surface area contributed by atoms with Crippen LogP contribution in [0.1, 0.15) is 16.7 Å². The Labute approximate surface area is 152 Å². The molecular formula is C22H20O4. The van der Waals surface area contributed by atoms with E-state index < -0.39 is 11.8 Å². The van der Waals surface area contributed by atoms with Crippen LogP contribution in [0.25, 0.3) is 0 Å². The zero-order chi connectivity index (χ0) is 18.2. The van der Waals surface area contributed by atoms with Crippen LogP contribution >= 0.6 is 0 Å². The standard InChI is InChI=1S/C22H20O4/c23-21(24)22(20-14-8-3-9-15-20,25-16-18-10-4-1-5-11-18)26-17-19-12-6-2-7-13-19/h1-15H,16-17H2,(H,23,24). The van der Waals surface area contributed by atoms with Gasteiger partial charge in [-0.25, -0.2) is 4.79 Å². The number of ether oxygens (including phenoxy) is 2. The molecule has 0 aromatic heterocycles. The van der Waals surface area contributed by atoms with Crippen LogP contribution in [-0.2, 0) is 33.3 Å². The van der Waals surface area contributed by atoms with Crippen LogP contribution in [-0.4, -0.2) is 11.1 Å². The highest BCUT2D eigenvalue weighted by Crippen LogP contribution is 2.30. The summed E-state index contributed by atoms with van der Waals surface area (Å²) in [5, 5.41) is 9.98. The average Bonchev–Trinajstić information content (AvgIpc) is 2.70. The van der Waals surface area contributed by atoms with Gasteiger partial charge in [-0.3, -0.25) is 0 Å². The summed E-state index contributed by atoms with van der Waals surface area (Å²) in [6.45, 7) is 0.244. The predicted octanol–water partition coefficient (Wildman–Crippen LogP) is 4.36. The number of benzene rings is 3. The second-order valence-electron chi connectivity index (χ2n) is 5.84. The maximum atomic E-state index is 12.2. The Morgan fingerprint density at radius 3 is 1.46 bits per heavy atom. The van der Waals surface area contributed by atoms with E-state index in [1.807, 2.05) is 66.7 Å². The van der Waals surface area contributed by atoms with Gasteiger partial charge in [0.2, 0.25) is 0 Å². The van der Waals surface area contributed by atoms with Crippen molar-refractivity contribution in [2.75, 3.05) is 0 Å². The third kappa shape index (κ3) is 4.17. The molecule has 4 nitrogen and oxygen atoms in total. The molecule has 0 amide bonds. The molecule has 0 saturated carbocycles. The normalized spacial score (nSPS) is 11.2. The maximum absolute atomic E-state index is 12.2. The SMILES string of the molecule is O=C(O)C(OCc1ccccc1)(OCc1ccccc1)c1ccccc1. The average molecular weight is 348 g/mol. The summed E-state index contributed by atoms with van der Waals surface area (Å²) in [5.74, 6) is -3.07. The Kier molecular flexibility index (Phi) is 5.79. The van der Waals surface area contributed by atoms with E-state index >= 15 is 0 Å². The fraction of sp³-hybridized carbons (Fsp3) is 0.136. The predicted molar refractivity (Wildman–Crippen MR) is 98.2 cm³/mol. The van der Waals surface area contributed by atoms with Crippen molar-refractivity contribution in [3.8, 4) is 0 Å². The second-order valence-corrected chi connectivity index (χ2v) is 5.84. The number of hydrogen-bond donors (Lipinski definition) is 1. The Balaban J connectivity index is 1.89. The van der Waals surface area contributed by atoms with Crippen molar-refractivity contribution >= 4 is 5.97 Å². The number of hydrogen-bond acceptors (Lipinski definition) is 3. The minimum absolute atomic E-state index is 0.122. The molecule has 0 aliphatic rings. The summed E-state index contributed by atoms with van der Waals surface area (Å²) in [6.07, 6.45) is 0. The smallest absolute Gasteiger partial charge is 0.369 e. The van der Waals surface area contributed by atoms with Crippen molar-refractivity contribution in [1.82, 2.24) is 0 Å². The number of carboxylic acids is 1. The molecule has 0 aliphatic carbocycles.